The zero-order valence-electron chi connectivity index (χ0n) is 10.6. The number of halogens is 1. The first-order chi connectivity index (χ1) is 9.49. The van der Waals surface area contributed by atoms with Gasteiger partial charge >= 0.3 is 0 Å². The second-order valence-corrected chi connectivity index (χ2v) is 5.45. The molecule has 2 heterocycles. The fraction of sp³-hybridized carbons (Fsp3) is 0.0714. The van der Waals surface area contributed by atoms with Crippen LogP contribution >= 0.6 is 15.9 Å². The number of amides is 2. The predicted octanol–water partition coefficient (Wildman–Crippen LogP) is 2.54. The Morgan fingerprint density at radius 2 is 1.85 bits per heavy atom. The number of benzene rings is 1. The van der Waals surface area contributed by atoms with Crippen molar-refractivity contribution in [3.05, 3.63) is 51.6 Å². The molecule has 0 spiro atoms. The largest absolute Gasteiger partial charge is 0.397 e. The van der Waals surface area contributed by atoms with Gasteiger partial charge in [0.25, 0.3) is 11.8 Å². The number of aromatic nitrogens is 1. The van der Waals surface area contributed by atoms with Gasteiger partial charge in [-0.05, 0) is 36.8 Å². The first-order valence-electron chi connectivity index (χ1n) is 5.89. The molecule has 1 aromatic heterocycles. The summed E-state index contributed by atoms with van der Waals surface area (Å²) in [5, 5.41) is 0. The zero-order valence-corrected chi connectivity index (χ0v) is 12.1. The smallest absolute Gasteiger partial charge is 0.267 e. The quantitative estimate of drug-likeness (QED) is 0.814. The molecule has 100 valence electrons. The van der Waals surface area contributed by atoms with Crippen molar-refractivity contribution >= 4 is 39.2 Å². The number of hydrogen-bond acceptors (Lipinski definition) is 4. The van der Waals surface area contributed by atoms with E-state index < -0.39 is 0 Å². The highest BCUT2D eigenvalue weighted by Gasteiger charge is 2.37. The molecule has 0 fully saturated rings. The fourth-order valence-corrected chi connectivity index (χ4v) is 2.46. The van der Waals surface area contributed by atoms with Gasteiger partial charge in [-0.1, -0.05) is 15.9 Å². The third-order valence-corrected chi connectivity index (χ3v) is 3.71. The van der Waals surface area contributed by atoms with Crippen molar-refractivity contribution in [3.63, 3.8) is 0 Å². The molecule has 1 aliphatic heterocycles. The van der Waals surface area contributed by atoms with Crippen LogP contribution in [-0.2, 0) is 0 Å². The van der Waals surface area contributed by atoms with Crippen LogP contribution in [0.3, 0.4) is 0 Å². The number of rotatable bonds is 1. The van der Waals surface area contributed by atoms with Crippen molar-refractivity contribution in [1.29, 1.82) is 0 Å². The molecule has 0 saturated carbocycles. The van der Waals surface area contributed by atoms with Crippen molar-refractivity contribution in [2.24, 2.45) is 0 Å². The van der Waals surface area contributed by atoms with E-state index >= 15 is 0 Å². The molecule has 0 radical (unpaired) electrons. The molecule has 2 aromatic rings. The van der Waals surface area contributed by atoms with Gasteiger partial charge < -0.3 is 5.73 Å². The molecular formula is C14H10BrN3O2. The Kier molecular flexibility index (Phi) is 2.83. The third-order valence-electron chi connectivity index (χ3n) is 3.21. The van der Waals surface area contributed by atoms with Crippen molar-refractivity contribution in [2.45, 2.75) is 6.92 Å². The molecule has 6 heteroatoms. The molecular weight excluding hydrogens is 322 g/mol. The number of carbonyl (C=O) groups excluding carboxylic acids is 2. The monoisotopic (exact) mass is 331 g/mol. The zero-order chi connectivity index (χ0) is 14.4. The summed E-state index contributed by atoms with van der Waals surface area (Å²) < 4.78 is 0.751. The lowest BCUT2D eigenvalue weighted by Crippen LogP contribution is -2.30. The molecule has 1 aliphatic rings. The maximum absolute atomic E-state index is 12.4. The predicted molar refractivity (Wildman–Crippen MR) is 78.7 cm³/mol. The Morgan fingerprint density at radius 1 is 1.15 bits per heavy atom. The summed E-state index contributed by atoms with van der Waals surface area (Å²) in [7, 11) is 0. The molecule has 5 nitrogen and oxygen atoms in total. The maximum Gasteiger partial charge on any atom is 0.267 e. The second-order valence-electron chi connectivity index (χ2n) is 4.53. The van der Waals surface area contributed by atoms with Gasteiger partial charge in [-0.2, -0.15) is 0 Å². The minimum atomic E-state index is -0.372. The molecule has 3 rings (SSSR count). The standard InChI is InChI=1S/C14H10BrN3O2/c1-7-4-12(17-6-11(7)16)18-13(19)9-3-2-8(15)5-10(9)14(18)20/h2-6H,16H2,1H3. The normalized spacial score (nSPS) is 13.8. The van der Waals surface area contributed by atoms with Crippen LogP contribution in [-0.4, -0.2) is 16.8 Å². The van der Waals surface area contributed by atoms with E-state index in [-0.39, 0.29) is 11.8 Å². The molecule has 1 aromatic carbocycles. The van der Waals surface area contributed by atoms with Gasteiger partial charge in [0.05, 0.1) is 23.0 Å². The molecule has 20 heavy (non-hydrogen) atoms. The number of anilines is 2. The number of pyridine rings is 1. The summed E-state index contributed by atoms with van der Waals surface area (Å²) in [6, 6.07) is 6.63. The number of carbonyl (C=O) groups is 2. The maximum atomic E-state index is 12.4. The van der Waals surface area contributed by atoms with Crippen LogP contribution in [0.25, 0.3) is 0 Å². The molecule has 0 aliphatic carbocycles. The molecule has 2 N–H and O–H groups in total. The number of nitrogens with two attached hydrogens (primary N) is 1. The van der Waals surface area contributed by atoms with Gasteiger partial charge in [0.2, 0.25) is 0 Å². The number of hydrogen-bond donors (Lipinski definition) is 1. The highest BCUT2D eigenvalue weighted by atomic mass is 79.9. The summed E-state index contributed by atoms with van der Waals surface area (Å²) in [4.78, 5) is 29.9. The van der Waals surface area contributed by atoms with Crippen LogP contribution in [0.2, 0.25) is 0 Å². The average molecular weight is 332 g/mol. The Hall–Kier alpha value is -2.21. The van der Waals surface area contributed by atoms with Gasteiger partial charge in [-0.25, -0.2) is 9.88 Å². The van der Waals surface area contributed by atoms with E-state index in [0.717, 1.165) is 14.9 Å². The van der Waals surface area contributed by atoms with E-state index in [1.165, 1.54) is 6.20 Å². The third kappa shape index (κ3) is 1.80. The van der Waals surface area contributed by atoms with E-state index in [0.29, 0.717) is 22.6 Å². The molecule has 0 unspecified atom stereocenters. The summed E-state index contributed by atoms with van der Waals surface area (Å²) in [5.74, 6) is -0.448. The minimum Gasteiger partial charge on any atom is -0.397 e. The fourth-order valence-electron chi connectivity index (χ4n) is 2.10. The van der Waals surface area contributed by atoms with E-state index in [2.05, 4.69) is 20.9 Å². The number of nitrogens with zero attached hydrogens (tertiary/aromatic N) is 2. The van der Waals surface area contributed by atoms with E-state index in [4.69, 9.17) is 5.73 Å². The van der Waals surface area contributed by atoms with Crippen LogP contribution in [0.1, 0.15) is 26.3 Å². The van der Waals surface area contributed by atoms with Gasteiger partial charge in [0, 0.05) is 4.47 Å². The number of nitrogen functional groups attached to an aromatic ring is 1. The van der Waals surface area contributed by atoms with Crippen LogP contribution < -0.4 is 10.6 Å². The van der Waals surface area contributed by atoms with Crippen LogP contribution in [0, 0.1) is 6.92 Å². The molecule has 0 saturated heterocycles. The number of fused-ring (bicyclic) bond motifs is 1. The van der Waals surface area contributed by atoms with Crippen molar-refractivity contribution < 1.29 is 9.59 Å². The summed E-state index contributed by atoms with van der Waals surface area (Å²) in [6.07, 6.45) is 1.45. The van der Waals surface area contributed by atoms with E-state index in [1.807, 2.05) is 0 Å². The Morgan fingerprint density at radius 3 is 2.55 bits per heavy atom. The first kappa shape index (κ1) is 12.8. The number of imide groups is 1. The Bertz CT molecular complexity index is 758. The topological polar surface area (TPSA) is 76.3 Å². The first-order valence-corrected chi connectivity index (χ1v) is 6.69. The SMILES string of the molecule is Cc1cc(N2C(=O)c3ccc(Br)cc3C2=O)ncc1N. The second kappa shape index (κ2) is 4.42. The van der Waals surface area contributed by atoms with Gasteiger partial charge in [-0.15, -0.1) is 0 Å². The average Bonchev–Trinajstić information content (AvgIpc) is 2.65. The van der Waals surface area contributed by atoms with Crippen LogP contribution in [0.4, 0.5) is 11.5 Å². The van der Waals surface area contributed by atoms with Gasteiger partial charge in [0.1, 0.15) is 5.82 Å². The van der Waals surface area contributed by atoms with Crippen LogP contribution in [0.15, 0.2) is 34.9 Å². The van der Waals surface area contributed by atoms with Crippen molar-refractivity contribution in [3.8, 4) is 0 Å². The highest BCUT2D eigenvalue weighted by Crippen LogP contribution is 2.30. The van der Waals surface area contributed by atoms with Crippen LogP contribution in [0.5, 0.6) is 0 Å². The lowest BCUT2D eigenvalue weighted by molar-refractivity contribution is 0.0925. The lowest BCUT2D eigenvalue weighted by Gasteiger charge is -2.13. The Balaban J connectivity index is 2.11. The summed E-state index contributed by atoms with van der Waals surface area (Å²) in [6.45, 7) is 1.80. The lowest BCUT2D eigenvalue weighted by atomic mass is 10.1. The molecule has 0 bridgehead atoms. The molecule has 0 atom stereocenters. The van der Waals surface area contributed by atoms with Crippen molar-refractivity contribution in [2.75, 3.05) is 10.6 Å². The summed E-state index contributed by atoms with van der Waals surface area (Å²) in [5.41, 5.74) is 7.76. The highest BCUT2D eigenvalue weighted by molar-refractivity contribution is 9.10. The molecule has 2 amide bonds. The van der Waals surface area contributed by atoms with E-state index in [9.17, 15) is 9.59 Å². The Labute approximate surface area is 123 Å². The summed E-state index contributed by atoms with van der Waals surface area (Å²) >= 11 is 3.30. The van der Waals surface area contributed by atoms with Gasteiger partial charge in [-0.3, -0.25) is 9.59 Å². The number of aryl methyl sites for hydroxylation is 1. The van der Waals surface area contributed by atoms with Crippen molar-refractivity contribution in [1.82, 2.24) is 4.98 Å². The van der Waals surface area contributed by atoms with E-state index in [1.54, 1.807) is 31.2 Å². The minimum absolute atomic E-state index is 0.291. The van der Waals surface area contributed by atoms with Gasteiger partial charge in [0.15, 0.2) is 0 Å².